The highest BCUT2D eigenvalue weighted by atomic mass is 16.5. The van der Waals surface area contributed by atoms with E-state index in [9.17, 15) is 14.7 Å². The van der Waals surface area contributed by atoms with E-state index in [1.165, 1.54) is 4.90 Å². The fourth-order valence-corrected chi connectivity index (χ4v) is 4.05. The summed E-state index contributed by atoms with van der Waals surface area (Å²) in [6.07, 6.45) is 1.65. The van der Waals surface area contributed by atoms with Crippen LogP contribution in [0.25, 0.3) is 5.76 Å². The monoisotopic (exact) mass is 456 g/mol. The maximum Gasteiger partial charge on any atom is 0.296 e. The van der Waals surface area contributed by atoms with Gasteiger partial charge in [0.05, 0.1) is 30.5 Å². The Bertz CT molecular complexity index is 1220. The Hall–Kier alpha value is -3.93. The van der Waals surface area contributed by atoms with Gasteiger partial charge in [-0.25, -0.2) is 0 Å². The van der Waals surface area contributed by atoms with Gasteiger partial charge in [0, 0.05) is 11.8 Å². The first kappa shape index (κ1) is 23.2. The first-order chi connectivity index (χ1) is 16.4. The van der Waals surface area contributed by atoms with Crippen LogP contribution in [0.5, 0.6) is 5.75 Å². The zero-order chi connectivity index (χ0) is 24.2. The van der Waals surface area contributed by atoms with Gasteiger partial charge in [-0.2, -0.15) is 0 Å². The van der Waals surface area contributed by atoms with Gasteiger partial charge >= 0.3 is 0 Å². The van der Waals surface area contributed by atoms with Gasteiger partial charge in [-0.1, -0.05) is 44.2 Å². The third kappa shape index (κ3) is 4.71. The molecule has 4 rings (SSSR count). The normalized spacial score (nSPS) is 17.4. The van der Waals surface area contributed by atoms with Gasteiger partial charge in [0.1, 0.15) is 11.5 Å². The number of nitrogens with zero attached hydrogens (tertiary/aromatic N) is 2. The predicted molar refractivity (Wildman–Crippen MR) is 130 cm³/mol. The molecule has 1 aliphatic rings. The van der Waals surface area contributed by atoms with Crippen molar-refractivity contribution in [1.29, 1.82) is 0 Å². The Morgan fingerprint density at radius 1 is 1.03 bits per heavy atom. The summed E-state index contributed by atoms with van der Waals surface area (Å²) in [5.41, 5.74) is 2.90. The second-order valence-electron chi connectivity index (χ2n) is 8.83. The Kier molecular flexibility index (Phi) is 6.77. The number of amides is 1. The molecule has 1 unspecified atom stereocenters. The number of aryl methyl sites for hydroxylation is 1. The van der Waals surface area contributed by atoms with E-state index in [-0.39, 0.29) is 17.9 Å². The van der Waals surface area contributed by atoms with Gasteiger partial charge < -0.3 is 14.7 Å². The quantitative estimate of drug-likeness (QED) is 0.306. The zero-order valence-corrected chi connectivity index (χ0v) is 19.6. The molecule has 2 aromatic carbocycles. The Labute approximate surface area is 199 Å². The molecule has 1 N–H and O–H groups in total. The maximum absolute atomic E-state index is 13.2. The summed E-state index contributed by atoms with van der Waals surface area (Å²) >= 11 is 0. The van der Waals surface area contributed by atoms with E-state index in [4.69, 9.17) is 4.74 Å². The summed E-state index contributed by atoms with van der Waals surface area (Å²) < 4.78 is 5.72. The fraction of sp³-hybridized carbons (Fsp3) is 0.250. The van der Waals surface area contributed by atoms with Crippen LogP contribution in [0, 0.1) is 12.8 Å². The van der Waals surface area contributed by atoms with Crippen LogP contribution in [0.2, 0.25) is 0 Å². The fourth-order valence-electron chi connectivity index (χ4n) is 4.05. The highest BCUT2D eigenvalue weighted by Gasteiger charge is 2.46. The van der Waals surface area contributed by atoms with E-state index < -0.39 is 17.7 Å². The molecule has 0 saturated carbocycles. The Morgan fingerprint density at radius 2 is 1.74 bits per heavy atom. The number of carbonyl (C=O) groups excluding carboxylic acids is 2. The first-order valence-electron chi connectivity index (χ1n) is 11.3. The predicted octanol–water partition coefficient (Wildman–Crippen LogP) is 5.05. The zero-order valence-electron chi connectivity index (χ0n) is 19.6. The molecule has 34 heavy (non-hydrogen) atoms. The van der Waals surface area contributed by atoms with E-state index in [0.29, 0.717) is 29.5 Å². The molecule has 1 aliphatic heterocycles. The summed E-state index contributed by atoms with van der Waals surface area (Å²) in [7, 11) is 0. The van der Waals surface area contributed by atoms with E-state index in [1.54, 1.807) is 36.5 Å². The largest absolute Gasteiger partial charge is 0.507 e. The molecule has 3 aromatic rings. The van der Waals surface area contributed by atoms with Crippen molar-refractivity contribution >= 4 is 17.4 Å². The molecule has 1 aromatic heterocycles. The molecule has 1 saturated heterocycles. The molecule has 2 heterocycles. The molecule has 0 bridgehead atoms. The molecule has 0 aliphatic carbocycles. The lowest BCUT2D eigenvalue weighted by Gasteiger charge is -2.26. The van der Waals surface area contributed by atoms with Crippen molar-refractivity contribution in [1.82, 2.24) is 9.88 Å². The number of pyridine rings is 1. The van der Waals surface area contributed by atoms with Crippen LogP contribution in [0.1, 0.15) is 42.3 Å². The summed E-state index contributed by atoms with van der Waals surface area (Å²) in [4.78, 5) is 32.2. The van der Waals surface area contributed by atoms with Gasteiger partial charge in [-0.05, 0) is 60.4 Å². The van der Waals surface area contributed by atoms with Crippen LogP contribution in [0.4, 0.5) is 0 Å². The van der Waals surface area contributed by atoms with Crippen molar-refractivity contribution in [2.75, 3.05) is 6.61 Å². The van der Waals surface area contributed by atoms with Crippen LogP contribution < -0.4 is 4.74 Å². The molecular weight excluding hydrogens is 428 g/mol. The SMILES string of the molecule is Cc1ccccc1C1/C(=C(\O)c2ccc(OCC(C)C)cc2)C(=O)C(=O)N1Cc1ccccn1. The average molecular weight is 457 g/mol. The number of carbonyl (C=O) groups is 2. The number of aromatic nitrogens is 1. The van der Waals surface area contributed by atoms with E-state index in [2.05, 4.69) is 18.8 Å². The second-order valence-corrected chi connectivity index (χ2v) is 8.83. The van der Waals surface area contributed by atoms with Crippen molar-refractivity contribution < 1.29 is 19.4 Å². The molecule has 1 fully saturated rings. The highest BCUT2D eigenvalue weighted by Crippen LogP contribution is 2.41. The topological polar surface area (TPSA) is 79.7 Å². The smallest absolute Gasteiger partial charge is 0.296 e. The van der Waals surface area contributed by atoms with E-state index in [1.807, 2.05) is 43.3 Å². The number of likely N-dealkylation sites (tertiary alicyclic amines) is 1. The minimum Gasteiger partial charge on any atom is -0.507 e. The van der Waals surface area contributed by atoms with Gasteiger partial charge in [-0.3, -0.25) is 14.6 Å². The second kappa shape index (κ2) is 9.91. The van der Waals surface area contributed by atoms with Crippen molar-refractivity contribution in [2.24, 2.45) is 5.92 Å². The number of hydrogen-bond donors (Lipinski definition) is 1. The third-order valence-electron chi connectivity index (χ3n) is 5.79. The molecular formula is C28H28N2O4. The minimum absolute atomic E-state index is 0.0751. The maximum atomic E-state index is 13.2. The van der Waals surface area contributed by atoms with Gasteiger partial charge in [0.15, 0.2) is 0 Å². The minimum atomic E-state index is -0.722. The van der Waals surface area contributed by atoms with Crippen molar-refractivity contribution in [3.8, 4) is 5.75 Å². The standard InChI is InChI=1S/C28H28N2O4/c1-18(2)17-34-22-13-11-20(12-14-22)26(31)24-25(23-10-5-4-8-19(23)3)30(28(33)27(24)32)16-21-9-6-7-15-29-21/h4-15,18,25,31H,16-17H2,1-3H3/b26-24+. The Morgan fingerprint density at radius 3 is 2.38 bits per heavy atom. The molecule has 1 atom stereocenters. The Balaban J connectivity index is 1.77. The third-order valence-corrected chi connectivity index (χ3v) is 5.79. The molecule has 174 valence electrons. The number of aliphatic hydroxyl groups excluding tert-OH is 1. The van der Waals surface area contributed by atoms with Crippen LogP contribution in [0.15, 0.2) is 78.5 Å². The van der Waals surface area contributed by atoms with Crippen LogP contribution in [0.3, 0.4) is 0 Å². The molecule has 0 spiro atoms. The van der Waals surface area contributed by atoms with Crippen LogP contribution in [-0.4, -0.2) is 33.3 Å². The number of ether oxygens (including phenoxy) is 1. The number of ketones is 1. The average Bonchev–Trinajstić information content (AvgIpc) is 3.08. The van der Waals surface area contributed by atoms with Gasteiger partial charge in [0.2, 0.25) is 0 Å². The highest BCUT2D eigenvalue weighted by molar-refractivity contribution is 6.46. The number of Topliss-reactive ketones (excluding diaryl/α,β-unsaturated/α-hetero) is 1. The molecule has 1 amide bonds. The lowest BCUT2D eigenvalue weighted by Crippen LogP contribution is -2.29. The molecule has 0 radical (unpaired) electrons. The molecule has 6 nitrogen and oxygen atoms in total. The number of rotatable bonds is 7. The van der Waals surface area contributed by atoms with Crippen molar-refractivity contribution in [2.45, 2.75) is 33.4 Å². The summed E-state index contributed by atoms with van der Waals surface area (Å²) in [6.45, 7) is 6.79. The molecule has 6 heteroatoms. The number of aliphatic hydroxyl groups is 1. The summed E-state index contributed by atoms with van der Waals surface area (Å²) in [6, 6.07) is 19.2. The van der Waals surface area contributed by atoms with Crippen molar-refractivity contribution in [3.63, 3.8) is 0 Å². The van der Waals surface area contributed by atoms with Crippen molar-refractivity contribution in [3.05, 3.63) is 101 Å². The number of hydrogen-bond acceptors (Lipinski definition) is 5. The lowest BCUT2D eigenvalue weighted by molar-refractivity contribution is -0.140. The van der Waals surface area contributed by atoms with E-state index in [0.717, 1.165) is 11.1 Å². The first-order valence-corrected chi connectivity index (χ1v) is 11.3. The van der Waals surface area contributed by atoms with Crippen LogP contribution in [-0.2, 0) is 16.1 Å². The van der Waals surface area contributed by atoms with E-state index >= 15 is 0 Å². The van der Waals surface area contributed by atoms with Gasteiger partial charge in [0.25, 0.3) is 11.7 Å². The lowest BCUT2D eigenvalue weighted by atomic mass is 9.92. The van der Waals surface area contributed by atoms with Gasteiger partial charge in [-0.15, -0.1) is 0 Å². The number of benzene rings is 2. The summed E-state index contributed by atoms with van der Waals surface area (Å²) in [5.74, 6) is -0.502. The van der Waals surface area contributed by atoms with Crippen LogP contribution >= 0.6 is 0 Å². The summed E-state index contributed by atoms with van der Waals surface area (Å²) in [5, 5.41) is 11.2.